The van der Waals surface area contributed by atoms with Crippen LogP contribution in [-0.4, -0.2) is 37.2 Å². The molecule has 0 radical (unpaired) electrons. The minimum Gasteiger partial charge on any atom is -0.389 e. The SMILES string of the molecule is O=C(CC1(O)CCCC1)Nc1ccc(Cc2nn[nH]n2)cc1. The second kappa shape index (κ2) is 6.23. The van der Waals surface area contributed by atoms with Crippen LogP contribution in [0.3, 0.4) is 0 Å². The molecule has 1 heterocycles. The van der Waals surface area contributed by atoms with E-state index in [1.807, 2.05) is 24.3 Å². The Labute approximate surface area is 128 Å². The highest BCUT2D eigenvalue weighted by atomic mass is 16.3. The molecule has 0 saturated heterocycles. The minimum atomic E-state index is -0.817. The monoisotopic (exact) mass is 301 g/mol. The zero-order valence-electron chi connectivity index (χ0n) is 12.2. The predicted molar refractivity (Wildman–Crippen MR) is 80.1 cm³/mol. The van der Waals surface area contributed by atoms with E-state index in [0.717, 1.165) is 24.1 Å². The van der Waals surface area contributed by atoms with Gasteiger partial charge in [-0.1, -0.05) is 30.2 Å². The van der Waals surface area contributed by atoms with Crippen LogP contribution in [0, 0.1) is 0 Å². The molecule has 1 amide bonds. The standard InChI is InChI=1S/C15H19N5O2/c21-14(10-15(22)7-1-2-8-15)16-12-5-3-11(4-6-12)9-13-17-19-20-18-13/h3-6,22H,1-2,7-10H2,(H,16,21)(H,17,18,19,20). The average Bonchev–Trinajstić information content (AvgIpc) is 3.13. The molecule has 7 nitrogen and oxygen atoms in total. The first-order chi connectivity index (χ1) is 10.6. The number of carbonyl (C=O) groups is 1. The lowest BCUT2D eigenvalue weighted by molar-refractivity contribution is -0.120. The quantitative estimate of drug-likeness (QED) is 0.775. The number of anilines is 1. The molecule has 0 unspecified atom stereocenters. The maximum atomic E-state index is 12.0. The molecular formula is C15H19N5O2. The van der Waals surface area contributed by atoms with Gasteiger partial charge in [0, 0.05) is 12.1 Å². The Morgan fingerprint density at radius 3 is 2.64 bits per heavy atom. The van der Waals surface area contributed by atoms with Gasteiger partial charge in [-0.25, -0.2) is 0 Å². The molecule has 0 atom stereocenters. The van der Waals surface area contributed by atoms with Gasteiger partial charge in [-0.05, 0) is 30.5 Å². The highest BCUT2D eigenvalue weighted by Gasteiger charge is 2.33. The highest BCUT2D eigenvalue weighted by molar-refractivity contribution is 5.91. The molecule has 3 N–H and O–H groups in total. The number of benzene rings is 1. The molecule has 1 saturated carbocycles. The van der Waals surface area contributed by atoms with Gasteiger partial charge in [-0.2, -0.15) is 5.21 Å². The number of aromatic nitrogens is 4. The number of nitrogens with zero attached hydrogens (tertiary/aromatic N) is 3. The van der Waals surface area contributed by atoms with E-state index < -0.39 is 5.60 Å². The number of aliphatic hydroxyl groups is 1. The van der Waals surface area contributed by atoms with Crippen molar-refractivity contribution < 1.29 is 9.90 Å². The van der Waals surface area contributed by atoms with Crippen LogP contribution in [0.2, 0.25) is 0 Å². The van der Waals surface area contributed by atoms with Crippen LogP contribution in [0.4, 0.5) is 5.69 Å². The van der Waals surface area contributed by atoms with E-state index in [1.165, 1.54) is 0 Å². The topological polar surface area (TPSA) is 104 Å². The fourth-order valence-electron chi connectivity index (χ4n) is 2.86. The first-order valence-corrected chi connectivity index (χ1v) is 7.46. The van der Waals surface area contributed by atoms with E-state index in [-0.39, 0.29) is 12.3 Å². The number of amides is 1. The number of hydrogen-bond donors (Lipinski definition) is 3. The molecule has 1 fully saturated rings. The van der Waals surface area contributed by atoms with Gasteiger partial charge in [0.15, 0.2) is 5.82 Å². The fourth-order valence-corrected chi connectivity index (χ4v) is 2.86. The van der Waals surface area contributed by atoms with Gasteiger partial charge in [0.25, 0.3) is 0 Å². The summed E-state index contributed by atoms with van der Waals surface area (Å²) in [5.41, 5.74) is 0.945. The van der Waals surface area contributed by atoms with Gasteiger partial charge >= 0.3 is 0 Å². The first kappa shape index (κ1) is 14.6. The maximum Gasteiger partial charge on any atom is 0.227 e. The fraction of sp³-hybridized carbons (Fsp3) is 0.467. The maximum absolute atomic E-state index is 12.0. The van der Waals surface area contributed by atoms with Crippen LogP contribution >= 0.6 is 0 Å². The van der Waals surface area contributed by atoms with E-state index in [0.29, 0.717) is 25.1 Å². The Bertz CT molecular complexity index is 618. The van der Waals surface area contributed by atoms with E-state index in [1.54, 1.807) is 0 Å². The number of rotatable bonds is 5. The third kappa shape index (κ3) is 3.67. The van der Waals surface area contributed by atoms with E-state index in [2.05, 4.69) is 25.9 Å². The zero-order chi connectivity index (χ0) is 15.4. The van der Waals surface area contributed by atoms with Crippen molar-refractivity contribution in [2.75, 3.05) is 5.32 Å². The van der Waals surface area contributed by atoms with Crippen LogP contribution < -0.4 is 5.32 Å². The summed E-state index contributed by atoms with van der Waals surface area (Å²) >= 11 is 0. The Balaban J connectivity index is 1.55. The van der Waals surface area contributed by atoms with Crippen LogP contribution in [0.25, 0.3) is 0 Å². The largest absolute Gasteiger partial charge is 0.389 e. The lowest BCUT2D eigenvalue weighted by Crippen LogP contribution is -2.30. The molecule has 3 rings (SSSR count). The second-order valence-corrected chi connectivity index (χ2v) is 5.86. The van der Waals surface area contributed by atoms with E-state index >= 15 is 0 Å². The highest BCUT2D eigenvalue weighted by Crippen LogP contribution is 2.32. The average molecular weight is 301 g/mol. The zero-order valence-corrected chi connectivity index (χ0v) is 12.2. The van der Waals surface area contributed by atoms with Crippen molar-refractivity contribution in [3.8, 4) is 0 Å². The summed E-state index contributed by atoms with van der Waals surface area (Å²) in [6.45, 7) is 0. The minimum absolute atomic E-state index is 0.143. The van der Waals surface area contributed by atoms with Crippen LogP contribution in [0.5, 0.6) is 0 Å². The Morgan fingerprint density at radius 1 is 1.27 bits per heavy atom. The van der Waals surface area contributed by atoms with Gasteiger partial charge < -0.3 is 10.4 Å². The van der Waals surface area contributed by atoms with Gasteiger partial charge in [0.05, 0.1) is 12.0 Å². The number of aromatic amines is 1. The van der Waals surface area contributed by atoms with Crippen molar-refractivity contribution in [3.05, 3.63) is 35.7 Å². The first-order valence-electron chi connectivity index (χ1n) is 7.46. The molecular weight excluding hydrogens is 282 g/mol. The molecule has 7 heteroatoms. The third-order valence-corrected chi connectivity index (χ3v) is 4.01. The molecule has 1 aliphatic carbocycles. The normalized spacial score (nSPS) is 16.6. The Morgan fingerprint density at radius 2 is 2.00 bits per heavy atom. The van der Waals surface area contributed by atoms with Crippen molar-refractivity contribution in [1.82, 2.24) is 20.6 Å². The summed E-state index contributed by atoms with van der Waals surface area (Å²) in [6.07, 6.45) is 4.17. The second-order valence-electron chi connectivity index (χ2n) is 5.86. The summed E-state index contributed by atoms with van der Waals surface area (Å²) in [5.74, 6) is 0.482. The molecule has 2 aromatic rings. The van der Waals surface area contributed by atoms with Gasteiger partial charge in [-0.3, -0.25) is 4.79 Å². The molecule has 0 spiro atoms. The van der Waals surface area contributed by atoms with Gasteiger partial charge in [0.1, 0.15) is 0 Å². The Hall–Kier alpha value is -2.28. The third-order valence-electron chi connectivity index (χ3n) is 4.01. The van der Waals surface area contributed by atoms with Crippen LogP contribution in [0.1, 0.15) is 43.5 Å². The summed E-state index contributed by atoms with van der Waals surface area (Å²) in [4.78, 5) is 12.0. The molecule has 1 aromatic carbocycles. The number of H-pyrrole nitrogens is 1. The van der Waals surface area contributed by atoms with Gasteiger partial charge in [0.2, 0.25) is 5.91 Å². The molecule has 116 valence electrons. The molecule has 1 aliphatic rings. The molecule has 22 heavy (non-hydrogen) atoms. The lowest BCUT2D eigenvalue weighted by atomic mass is 9.97. The van der Waals surface area contributed by atoms with Crippen molar-refractivity contribution in [3.63, 3.8) is 0 Å². The number of tetrazole rings is 1. The summed E-state index contributed by atoms with van der Waals surface area (Å²) in [7, 11) is 0. The summed E-state index contributed by atoms with van der Waals surface area (Å²) in [6, 6.07) is 7.50. The Kier molecular flexibility index (Phi) is 4.15. The van der Waals surface area contributed by atoms with E-state index in [9.17, 15) is 9.90 Å². The number of nitrogens with one attached hydrogen (secondary N) is 2. The van der Waals surface area contributed by atoms with Crippen molar-refractivity contribution in [2.24, 2.45) is 0 Å². The van der Waals surface area contributed by atoms with Crippen molar-refractivity contribution in [1.29, 1.82) is 0 Å². The van der Waals surface area contributed by atoms with Crippen LogP contribution in [0.15, 0.2) is 24.3 Å². The van der Waals surface area contributed by atoms with E-state index in [4.69, 9.17) is 0 Å². The molecule has 0 aliphatic heterocycles. The van der Waals surface area contributed by atoms with Crippen molar-refractivity contribution in [2.45, 2.75) is 44.1 Å². The van der Waals surface area contributed by atoms with Gasteiger partial charge in [-0.15, -0.1) is 10.2 Å². The smallest absolute Gasteiger partial charge is 0.227 e. The van der Waals surface area contributed by atoms with Crippen molar-refractivity contribution >= 4 is 11.6 Å². The van der Waals surface area contributed by atoms with Crippen LogP contribution in [-0.2, 0) is 11.2 Å². The predicted octanol–water partition coefficient (Wildman–Crippen LogP) is 1.42. The summed E-state index contributed by atoms with van der Waals surface area (Å²) < 4.78 is 0. The number of carbonyl (C=O) groups excluding carboxylic acids is 1. The summed E-state index contributed by atoms with van der Waals surface area (Å²) in [5, 5.41) is 26.8. The number of hydrogen-bond acceptors (Lipinski definition) is 5. The lowest BCUT2D eigenvalue weighted by Gasteiger charge is -2.21. The molecule has 1 aromatic heterocycles. The molecule has 0 bridgehead atoms.